The number of nitro benzene ring substituents is 2. The van der Waals surface area contributed by atoms with Gasteiger partial charge in [0.05, 0.1) is 9.85 Å². The molecule has 140 valence electrons. The van der Waals surface area contributed by atoms with Crippen molar-refractivity contribution < 1.29 is 27.4 Å². The summed E-state index contributed by atoms with van der Waals surface area (Å²) >= 11 is 0. The molecular weight excluding hydrogens is 372 g/mol. The summed E-state index contributed by atoms with van der Waals surface area (Å²) in [6, 6.07) is 8.50. The third kappa shape index (κ3) is 6.68. The van der Waals surface area contributed by atoms with Crippen LogP contribution in [0.25, 0.3) is 0 Å². The smallest absolute Gasteiger partial charge is 0.394 e. The molecule has 0 spiro atoms. The number of anilines is 2. The normalized spacial score (nSPS) is 10.5. The summed E-state index contributed by atoms with van der Waals surface area (Å²) in [5.41, 5.74) is 11.9. The first-order valence-electron chi connectivity index (χ1n) is 6.64. The van der Waals surface area contributed by atoms with Gasteiger partial charge in [-0.1, -0.05) is 0 Å². The highest BCUT2D eigenvalue weighted by molar-refractivity contribution is 7.79. The van der Waals surface area contributed by atoms with Crippen molar-refractivity contribution in [3.8, 4) is 0 Å². The molecule has 2 rings (SSSR count). The zero-order chi connectivity index (χ0) is 20.1. The predicted molar refractivity (Wildman–Crippen MR) is 92.0 cm³/mol. The minimum absolute atomic E-state index is 0.0488. The van der Waals surface area contributed by atoms with Crippen LogP contribution >= 0.6 is 0 Å². The van der Waals surface area contributed by atoms with E-state index in [9.17, 15) is 20.2 Å². The first-order valence-corrected chi connectivity index (χ1v) is 8.03. The van der Waals surface area contributed by atoms with Gasteiger partial charge in [0.25, 0.3) is 11.4 Å². The molecular formula is C13H14N4O8S. The lowest BCUT2D eigenvalue weighted by atomic mass is 10.0. The molecule has 0 unspecified atom stereocenters. The molecule has 0 amide bonds. The van der Waals surface area contributed by atoms with Gasteiger partial charge in [-0.05, 0) is 24.3 Å². The van der Waals surface area contributed by atoms with Crippen LogP contribution in [0.1, 0.15) is 11.1 Å². The molecule has 6 N–H and O–H groups in total. The van der Waals surface area contributed by atoms with Gasteiger partial charge in [0, 0.05) is 41.1 Å². The number of rotatable bonds is 4. The molecule has 0 aromatic heterocycles. The highest BCUT2D eigenvalue weighted by Gasteiger charge is 2.19. The van der Waals surface area contributed by atoms with Gasteiger partial charge in [-0.3, -0.25) is 29.3 Å². The van der Waals surface area contributed by atoms with Crippen LogP contribution in [-0.4, -0.2) is 27.4 Å². The molecule has 0 heterocycles. The number of nitrogens with zero attached hydrogens (tertiary/aromatic N) is 2. The Hall–Kier alpha value is -3.29. The van der Waals surface area contributed by atoms with E-state index in [0.29, 0.717) is 11.1 Å². The third-order valence-electron chi connectivity index (χ3n) is 2.99. The van der Waals surface area contributed by atoms with Gasteiger partial charge in [-0.15, -0.1) is 0 Å². The van der Waals surface area contributed by atoms with Crippen molar-refractivity contribution in [2.45, 2.75) is 6.42 Å². The first kappa shape index (κ1) is 20.8. The van der Waals surface area contributed by atoms with Gasteiger partial charge in [-0.25, -0.2) is 0 Å². The molecule has 2 aromatic carbocycles. The average Bonchev–Trinajstić information content (AvgIpc) is 2.48. The lowest BCUT2D eigenvalue weighted by molar-refractivity contribution is -0.386. The minimum atomic E-state index is -4.67. The largest absolute Gasteiger partial charge is 0.399 e. The molecule has 12 nitrogen and oxygen atoms in total. The van der Waals surface area contributed by atoms with E-state index in [-0.39, 0.29) is 29.2 Å². The van der Waals surface area contributed by atoms with E-state index in [4.69, 9.17) is 29.0 Å². The molecule has 0 saturated carbocycles. The maximum atomic E-state index is 11.0. The molecule has 0 saturated heterocycles. The summed E-state index contributed by atoms with van der Waals surface area (Å²) < 4.78 is 31.6. The Morgan fingerprint density at radius 2 is 1.15 bits per heavy atom. The number of benzene rings is 2. The Balaban J connectivity index is 0.000000597. The minimum Gasteiger partial charge on any atom is -0.399 e. The highest BCUT2D eigenvalue weighted by atomic mass is 32.3. The highest BCUT2D eigenvalue weighted by Crippen LogP contribution is 2.29. The number of hydrogen-bond acceptors (Lipinski definition) is 8. The van der Waals surface area contributed by atoms with Crippen LogP contribution < -0.4 is 11.5 Å². The van der Waals surface area contributed by atoms with E-state index in [1.54, 1.807) is 0 Å². The van der Waals surface area contributed by atoms with Crippen molar-refractivity contribution in [2.75, 3.05) is 11.5 Å². The topological polar surface area (TPSA) is 213 Å². The van der Waals surface area contributed by atoms with Crippen molar-refractivity contribution in [3.05, 3.63) is 67.8 Å². The van der Waals surface area contributed by atoms with E-state index in [2.05, 4.69) is 0 Å². The molecule has 13 heteroatoms. The molecule has 0 aliphatic carbocycles. The SMILES string of the molecule is Nc1ccc(Cc2ccc(N)cc2[N+](=O)[O-])c([N+](=O)[O-])c1.O=S(=O)(O)O. The van der Waals surface area contributed by atoms with Crippen molar-refractivity contribution in [1.82, 2.24) is 0 Å². The summed E-state index contributed by atoms with van der Waals surface area (Å²) in [5.74, 6) is 0. The lowest BCUT2D eigenvalue weighted by Crippen LogP contribution is -2.02. The van der Waals surface area contributed by atoms with E-state index in [1.165, 1.54) is 36.4 Å². The van der Waals surface area contributed by atoms with Crippen LogP contribution in [0, 0.1) is 20.2 Å². The summed E-state index contributed by atoms with van der Waals surface area (Å²) in [5, 5.41) is 22.1. The standard InChI is InChI=1S/C13H12N4O4.H2O4S/c14-10-3-1-8(12(6-10)16(18)19)5-9-2-4-11(15)7-13(9)17(20)21;1-5(2,3)4/h1-4,6-7H,5,14-15H2;(H2,1,2,3,4). The van der Waals surface area contributed by atoms with Crippen LogP contribution in [0.15, 0.2) is 36.4 Å². The Labute approximate surface area is 146 Å². The molecule has 0 atom stereocenters. The number of hydrogen-bond donors (Lipinski definition) is 4. The molecule has 0 aliphatic heterocycles. The van der Waals surface area contributed by atoms with E-state index >= 15 is 0 Å². The van der Waals surface area contributed by atoms with Gasteiger partial charge >= 0.3 is 10.4 Å². The second kappa shape index (κ2) is 8.19. The van der Waals surface area contributed by atoms with Gasteiger partial charge in [0.1, 0.15) is 0 Å². The van der Waals surface area contributed by atoms with Crippen LogP contribution in [-0.2, 0) is 16.8 Å². The molecule has 0 aliphatic rings. The molecule has 0 bridgehead atoms. The molecule has 26 heavy (non-hydrogen) atoms. The molecule has 0 fully saturated rings. The molecule has 2 aromatic rings. The number of nitrogen functional groups attached to an aromatic ring is 2. The van der Waals surface area contributed by atoms with Gasteiger partial charge < -0.3 is 11.5 Å². The maximum Gasteiger partial charge on any atom is 0.394 e. The average molecular weight is 386 g/mol. The third-order valence-corrected chi connectivity index (χ3v) is 2.99. The van der Waals surface area contributed by atoms with Crippen molar-refractivity contribution in [3.63, 3.8) is 0 Å². The van der Waals surface area contributed by atoms with Gasteiger partial charge in [-0.2, -0.15) is 8.42 Å². The Morgan fingerprint density at radius 1 is 0.846 bits per heavy atom. The van der Waals surface area contributed by atoms with Gasteiger partial charge in [0.15, 0.2) is 0 Å². The summed E-state index contributed by atoms with van der Waals surface area (Å²) in [4.78, 5) is 20.9. The van der Waals surface area contributed by atoms with Crippen molar-refractivity contribution >= 4 is 33.1 Å². The summed E-state index contributed by atoms with van der Waals surface area (Å²) in [6.07, 6.45) is 0.0488. The lowest BCUT2D eigenvalue weighted by Gasteiger charge is -2.06. The zero-order valence-corrected chi connectivity index (χ0v) is 13.8. The van der Waals surface area contributed by atoms with Gasteiger partial charge in [0.2, 0.25) is 0 Å². The Kier molecular flexibility index (Phi) is 6.54. The summed E-state index contributed by atoms with van der Waals surface area (Å²) in [7, 11) is -4.67. The molecule has 0 radical (unpaired) electrons. The van der Waals surface area contributed by atoms with Crippen molar-refractivity contribution in [1.29, 1.82) is 0 Å². The summed E-state index contributed by atoms with van der Waals surface area (Å²) in [6.45, 7) is 0. The monoisotopic (exact) mass is 386 g/mol. The predicted octanol–water partition coefficient (Wildman–Crippen LogP) is 1.61. The first-order chi connectivity index (χ1) is 11.9. The maximum absolute atomic E-state index is 11.0. The Bertz CT molecular complexity index is 876. The fourth-order valence-corrected chi connectivity index (χ4v) is 2.01. The number of nitro groups is 2. The fraction of sp³-hybridized carbons (Fsp3) is 0.0769. The zero-order valence-electron chi connectivity index (χ0n) is 13.0. The van der Waals surface area contributed by atoms with E-state index in [0.717, 1.165) is 0 Å². The Morgan fingerprint density at radius 3 is 1.42 bits per heavy atom. The van der Waals surface area contributed by atoms with E-state index in [1.807, 2.05) is 0 Å². The quantitative estimate of drug-likeness (QED) is 0.258. The van der Waals surface area contributed by atoms with Crippen LogP contribution in [0.2, 0.25) is 0 Å². The van der Waals surface area contributed by atoms with Crippen LogP contribution in [0.3, 0.4) is 0 Å². The number of nitrogens with two attached hydrogens (primary N) is 2. The second-order valence-corrected chi connectivity index (χ2v) is 5.81. The van der Waals surface area contributed by atoms with Crippen molar-refractivity contribution in [2.24, 2.45) is 0 Å². The second-order valence-electron chi connectivity index (χ2n) is 4.92. The fourth-order valence-electron chi connectivity index (χ4n) is 2.01. The van der Waals surface area contributed by atoms with Crippen LogP contribution in [0.5, 0.6) is 0 Å². The van der Waals surface area contributed by atoms with E-state index < -0.39 is 20.2 Å². The van der Waals surface area contributed by atoms with Crippen LogP contribution in [0.4, 0.5) is 22.7 Å².